The molecule has 0 saturated heterocycles. The zero-order valence-electron chi connectivity index (χ0n) is 9.93. The Labute approximate surface area is 99.0 Å². The molecule has 0 amide bonds. The molecule has 0 fully saturated rings. The summed E-state index contributed by atoms with van der Waals surface area (Å²) in [6.45, 7) is 4.08. The standard InChI is InChI=1S/C12H17F3N2/c1-11(2,7-8-16)17-10-6-4-3-5-9(10)12(13,14)15/h3-6,17H,7-8,16H2,1-2H3. The number of para-hydroxylation sites is 1. The molecule has 0 heterocycles. The molecule has 0 aliphatic heterocycles. The van der Waals surface area contributed by atoms with Gasteiger partial charge in [-0.25, -0.2) is 0 Å². The molecule has 0 aliphatic rings. The Bertz CT molecular complexity index is 372. The molecule has 17 heavy (non-hydrogen) atoms. The minimum Gasteiger partial charge on any atom is -0.380 e. The first-order valence-electron chi connectivity index (χ1n) is 5.41. The van der Waals surface area contributed by atoms with Gasteiger partial charge >= 0.3 is 6.18 Å². The molecule has 0 bridgehead atoms. The van der Waals surface area contributed by atoms with Crippen LogP contribution in [0.4, 0.5) is 18.9 Å². The van der Waals surface area contributed by atoms with Crippen molar-refractivity contribution >= 4 is 5.69 Å². The van der Waals surface area contributed by atoms with E-state index in [1.54, 1.807) is 6.07 Å². The minimum atomic E-state index is -4.34. The summed E-state index contributed by atoms with van der Waals surface area (Å²) in [5.74, 6) is 0. The number of halogens is 3. The van der Waals surface area contributed by atoms with E-state index in [-0.39, 0.29) is 5.69 Å². The second kappa shape index (κ2) is 4.96. The van der Waals surface area contributed by atoms with E-state index < -0.39 is 17.3 Å². The molecule has 1 rings (SSSR count). The van der Waals surface area contributed by atoms with Crippen LogP contribution < -0.4 is 11.1 Å². The largest absolute Gasteiger partial charge is 0.418 e. The molecule has 0 spiro atoms. The van der Waals surface area contributed by atoms with Gasteiger partial charge in [0.05, 0.1) is 5.56 Å². The van der Waals surface area contributed by atoms with Gasteiger partial charge in [0.15, 0.2) is 0 Å². The molecule has 1 aromatic rings. The van der Waals surface area contributed by atoms with Gasteiger partial charge in [0.25, 0.3) is 0 Å². The summed E-state index contributed by atoms with van der Waals surface area (Å²) in [6.07, 6.45) is -3.75. The van der Waals surface area contributed by atoms with Crippen LogP contribution in [0.25, 0.3) is 0 Å². The fraction of sp³-hybridized carbons (Fsp3) is 0.500. The number of benzene rings is 1. The van der Waals surface area contributed by atoms with E-state index in [0.717, 1.165) is 6.07 Å². The average Bonchev–Trinajstić information content (AvgIpc) is 2.15. The van der Waals surface area contributed by atoms with Gasteiger partial charge in [-0.05, 0) is 38.9 Å². The number of hydrogen-bond donors (Lipinski definition) is 2. The zero-order valence-corrected chi connectivity index (χ0v) is 9.93. The number of rotatable bonds is 4. The summed E-state index contributed by atoms with van der Waals surface area (Å²) < 4.78 is 38.2. The summed E-state index contributed by atoms with van der Waals surface area (Å²) in [5, 5.41) is 2.89. The van der Waals surface area contributed by atoms with Crippen LogP contribution in [0.2, 0.25) is 0 Å². The van der Waals surface area contributed by atoms with Crippen LogP contribution in [-0.4, -0.2) is 12.1 Å². The lowest BCUT2D eigenvalue weighted by Crippen LogP contribution is -2.34. The third-order valence-electron chi connectivity index (χ3n) is 2.47. The first kappa shape index (κ1) is 13.8. The van der Waals surface area contributed by atoms with Crippen molar-refractivity contribution < 1.29 is 13.2 Å². The normalized spacial score (nSPS) is 12.6. The molecule has 0 unspecified atom stereocenters. The van der Waals surface area contributed by atoms with Crippen molar-refractivity contribution in [1.29, 1.82) is 0 Å². The fourth-order valence-electron chi connectivity index (χ4n) is 1.63. The molecule has 3 N–H and O–H groups in total. The SMILES string of the molecule is CC(C)(CCN)Nc1ccccc1C(F)(F)F. The van der Waals surface area contributed by atoms with Crippen molar-refractivity contribution in [1.82, 2.24) is 0 Å². The van der Waals surface area contributed by atoms with E-state index in [4.69, 9.17) is 5.73 Å². The van der Waals surface area contributed by atoms with Gasteiger partial charge in [-0.1, -0.05) is 12.1 Å². The quantitative estimate of drug-likeness (QED) is 0.855. The predicted molar refractivity (Wildman–Crippen MR) is 62.8 cm³/mol. The third kappa shape index (κ3) is 3.93. The van der Waals surface area contributed by atoms with E-state index >= 15 is 0 Å². The van der Waals surface area contributed by atoms with Crippen LogP contribution in [0.15, 0.2) is 24.3 Å². The molecule has 5 heteroatoms. The van der Waals surface area contributed by atoms with E-state index in [0.29, 0.717) is 13.0 Å². The Kier molecular flexibility index (Phi) is 4.03. The molecule has 0 radical (unpaired) electrons. The summed E-state index contributed by atoms with van der Waals surface area (Å²) in [5.41, 5.74) is 4.42. The molecular formula is C12H17F3N2. The Morgan fingerprint density at radius 1 is 1.18 bits per heavy atom. The van der Waals surface area contributed by atoms with Crippen molar-refractivity contribution in [2.75, 3.05) is 11.9 Å². The lowest BCUT2D eigenvalue weighted by molar-refractivity contribution is -0.137. The maximum atomic E-state index is 12.7. The zero-order chi connectivity index (χ0) is 13.1. The van der Waals surface area contributed by atoms with Crippen LogP contribution in [-0.2, 0) is 6.18 Å². The highest BCUT2D eigenvalue weighted by atomic mass is 19.4. The van der Waals surface area contributed by atoms with Gasteiger partial charge < -0.3 is 11.1 Å². The van der Waals surface area contributed by atoms with Crippen LogP contribution in [0, 0.1) is 0 Å². The maximum absolute atomic E-state index is 12.7. The Balaban J connectivity index is 2.99. The Hall–Kier alpha value is -1.23. The Morgan fingerprint density at radius 3 is 2.29 bits per heavy atom. The molecule has 0 aliphatic carbocycles. The number of anilines is 1. The highest BCUT2D eigenvalue weighted by Gasteiger charge is 2.34. The third-order valence-corrected chi connectivity index (χ3v) is 2.47. The monoisotopic (exact) mass is 246 g/mol. The molecule has 0 saturated carbocycles. The van der Waals surface area contributed by atoms with Crippen molar-refractivity contribution in [2.24, 2.45) is 5.73 Å². The number of hydrogen-bond acceptors (Lipinski definition) is 2. The van der Waals surface area contributed by atoms with Crippen molar-refractivity contribution in [2.45, 2.75) is 32.0 Å². The van der Waals surface area contributed by atoms with E-state index in [9.17, 15) is 13.2 Å². The second-order valence-corrected chi connectivity index (χ2v) is 4.59. The van der Waals surface area contributed by atoms with Crippen molar-refractivity contribution in [3.8, 4) is 0 Å². The summed E-state index contributed by atoms with van der Waals surface area (Å²) >= 11 is 0. The topological polar surface area (TPSA) is 38.0 Å². The van der Waals surface area contributed by atoms with E-state index in [1.165, 1.54) is 12.1 Å². The van der Waals surface area contributed by atoms with Crippen LogP contribution in [0.5, 0.6) is 0 Å². The first-order chi connectivity index (χ1) is 7.76. The fourth-order valence-corrected chi connectivity index (χ4v) is 1.63. The summed E-state index contributed by atoms with van der Waals surface area (Å²) in [7, 11) is 0. The smallest absolute Gasteiger partial charge is 0.380 e. The van der Waals surface area contributed by atoms with E-state index in [2.05, 4.69) is 5.32 Å². The number of nitrogens with two attached hydrogens (primary N) is 1. The number of alkyl halides is 3. The lowest BCUT2D eigenvalue weighted by Gasteiger charge is -2.28. The molecular weight excluding hydrogens is 229 g/mol. The molecule has 96 valence electrons. The van der Waals surface area contributed by atoms with Gasteiger partial charge in [0.1, 0.15) is 0 Å². The van der Waals surface area contributed by atoms with Gasteiger partial charge in [-0.15, -0.1) is 0 Å². The molecule has 2 nitrogen and oxygen atoms in total. The maximum Gasteiger partial charge on any atom is 0.418 e. The van der Waals surface area contributed by atoms with Crippen LogP contribution >= 0.6 is 0 Å². The van der Waals surface area contributed by atoms with Gasteiger partial charge in [-0.3, -0.25) is 0 Å². The van der Waals surface area contributed by atoms with Crippen LogP contribution in [0.3, 0.4) is 0 Å². The molecule has 0 atom stereocenters. The summed E-state index contributed by atoms with van der Waals surface area (Å²) in [4.78, 5) is 0. The first-order valence-corrected chi connectivity index (χ1v) is 5.41. The van der Waals surface area contributed by atoms with Gasteiger partial charge in [0.2, 0.25) is 0 Å². The number of nitrogens with one attached hydrogen (secondary N) is 1. The van der Waals surface area contributed by atoms with Crippen molar-refractivity contribution in [3.63, 3.8) is 0 Å². The molecule has 1 aromatic carbocycles. The summed E-state index contributed by atoms with van der Waals surface area (Å²) in [6, 6.07) is 5.46. The van der Waals surface area contributed by atoms with E-state index in [1.807, 2.05) is 13.8 Å². The predicted octanol–water partition coefficient (Wildman–Crippen LogP) is 3.24. The molecule has 0 aromatic heterocycles. The van der Waals surface area contributed by atoms with Crippen LogP contribution in [0.1, 0.15) is 25.8 Å². The second-order valence-electron chi connectivity index (χ2n) is 4.59. The lowest BCUT2D eigenvalue weighted by atomic mass is 9.99. The van der Waals surface area contributed by atoms with Gasteiger partial charge in [0, 0.05) is 11.2 Å². The average molecular weight is 246 g/mol. The highest BCUT2D eigenvalue weighted by Crippen LogP contribution is 2.35. The van der Waals surface area contributed by atoms with Gasteiger partial charge in [-0.2, -0.15) is 13.2 Å². The highest BCUT2D eigenvalue weighted by molar-refractivity contribution is 5.54. The minimum absolute atomic E-state index is 0.0958. The van der Waals surface area contributed by atoms with Crippen molar-refractivity contribution in [3.05, 3.63) is 29.8 Å². The Morgan fingerprint density at radius 2 is 1.76 bits per heavy atom.